The first kappa shape index (κ1) is 14.7. The van der Waals surface area contributed by atoms with Gasteiger partial charge >= 0.3 is 11.9 Å². The van der Waals surface area contributed by atoms with E-state index in [2.05, 4.69) is 14.7 Å². The van der Waals surface area contributed by atoms with E-state index < -0.39 is 5.97 Å². The summed E-state index contributed by atoms with van der Waals surface area (Å²) in [5.74, 6) is -0.719. The molecule has 2 heterocycles. The van der Waals surface area contributed by atoms with Crippen LogP contribution in [0.4, 0.5) is 0 Å². The Morgan fingerprint density at radius 3 is 2.85 bits per heavy atom. The normalized spacial score (nSPS) is 10.7. The maximum absolute atomic E-state index is 11.1. The molecule has 2 aromatic rings. The van der Waals surface area contributed by atoms with E-state index in [0.717, 1.165) is 16.7 Å². The molecule has 6 nitrogen and oxygen atoms in total. The van der Waals surface area contributed by atoms with E-state index in [9.17, 15) is 9.59 Å². The number of thiophene rings is 1. The number of hydrogen-bond acceptors (Lipinski definition) is 7. The highest BCUT2D eigenvalue weighted by atomic mass is 32.2. The molecule has 0 amide bonds. The number of aromatic nitrogens is 2. The third-order valence-electron chi connectivity index (χ3n) is 2.66. The number of ether oxygens (including phenoxy) is 1. The predicted molar refractivity (Wildman–Crippen MR) is 76.5 cm³/mol. The number of thioether (sulfide) groups is 1. The average molecular weight is 312 g/mol. The number of aromatic carboxylic acids is 1. The van der Waals surface area contributed by atoms with Crippen molar-refractivity contribution in [1.29, 1.82) is 0 Å². The summed E-state index contributed by atoms with van der Waals surface area (Å²) in [4.78, 5) is 31.4. The largest absolute Gasteiger partial charge is 0.477 e. The van der Waals surface area contributed by atoms with Crippen molar-refractivity contribution in [3.05, 3.63) is 16.8 Å². The van der Waals surface area contributed by atoms with E-state index in [1.54, 1.807) is 6.92 Å². The number of carbonyl (C=O) groups is 2. The van der Waals surface area contributed by atoms with Crippen molar-refractivity contribution >= 4 is 45.3 Å². The maximum atomic E-state index is 11.1. The fourth-order valence-electron chi connectivity index (χ4n) is 1.69. The fourth-order valence-corrected chi connectivity index (χ4v) is 3.72. The lowest BCUT2D eigenvalue weighted by molar-refractivity contribution is -0.140. The van der Waals surface area contributed by atoms with Crippen LogP contribution in [0.15, 0.2) is 11.4 Å². The summed E-state index contributed by atoms with van der Waals surface area (Å²) >= 11 is 2.53. The Labute approximate surface area is 123 Å². The minimum absolute atomic E-state index is 0.273. The SMILES string of the molecule is COC(=O)CCSc1ncnc2sc(C(=O)O)c(C)c12. The smallest absolute Gasteiger partial charge is 0.346 e. The van der Waals surface area contributed by atoms with E-state index in [-0.39, 0.29) is 17.3 Å². The molecule has 0 spiro atoms. The molecule has 0 aliphatic carbocycles. The molecule has 0 aromatic carbocycles. The molecule has 0 atom stereocenters. The van der Waals surface area contributed by atoms with Crippen LogP contribution in [0.1, 0.15) is 21.7 Å². The van der Waals surface area contributed by atoms with Gasteiger partial charge in [0.05, 0.1) is 13.5 Å². The predicted octanol–water partition coefficient (Wildman–Crippen LogP) is 2.35. The third-order valence-corrected chi connectivity index (χ3v) is 4.84. The van der Waals surface area contributed by atoms with Crippen LogP contribution in [0.2, 0.25) is 0 Å². The highest BCUT2D eigenvalue weighted by Crippen LogP contribution is 2.35. The summed E-state index contributed by atoms with van der Waals surface area (Å²) in [6.07, 6.45) is 1.69. The Morgan fingerprint density at radius 2 is 2.20 bits per heavy atom. The molecule has 0 fully saturated rings. The van der Waals surface area contributed by atoms with Gasteiger partial charge in [0.25, 0.3) is 0 Å². The quantitative estimate of drug-likeness (QED) is 0.515. The lowest BCUT2D eigenvalue weighted by Gasteiger charge is -2.02. The highest BCUT2D eigenvalue weighted by molar-refractivity contribution is 7.99. The number of fused-ring (bicyclic) bond motifs is 1. The first-order valence-corrected chi connectivity index (χ1v) is 7.51. The van der Waals surface area contributed by atoms with Crippen LogP contribution in [0.25, 0.3) is 10.2 Å². The van der Waals surface area contributed by atoms with Crippen molar-refractivity contribution in [2.45, 2.75) is 18.4 Å². The van der Waals surface area contributed by atoms with Crippen molar-refractivity contribution in [1.82, 2.24) is 9.97 Å². The maximum Gasteiger partial charge on any atom is 0.346 e. The lowest BCUT2D eigenvalue weighted by atomic mass is 10.2. The monoisotopic (exact) mass is 312 g/mol. The van der Waals surface area contributed by atoms with Gasteiger partial charge in [-0.25, -0.2) is 14.8 Å². The molecule has 0 unspecified atom stereocenters. The number of esters is 1. The zero-order valence-electron chi connectivity index (χ0n) is 10.9. The molecule has 0 bridgehead atoms. The number of carboxylic acid groups (broad SMARTS) is 1. The molecule has 2 aromatic heterocycles. The van der Waals surface area contributed by atoms with Crippen LogP contribution < -0.4 is 0 Å². The molecule has 0 radical (unpaired) electrons. The second-order valence-electron chi connectivity index (χ2n) is 3.89. The zero-order valence-corrected chi connectivity index (χ0v) is 12.5. The summed E-state index contributed by atoms with van der Waals surface area (Å²) in [5.41, 5.74) is 0.665. The lowest BCUT2D eigenvalue weighted by Crippen LogP contribution is -2.01. The molecule has 8 heteroatoms. The molecular formula is C12H12N2O4S2. The Balaban J connectivity index is 2.29. The summed E-state index contributed by atoms with van der Waals surface area (Å²) in [5, 5.41) is 10.6. The second kappa shape index (κ2) is 6.19. The summed E-state index contributed by atoms with van der Waals surface area (Å²) < 4.78 is 4.57. The molecule has 0 aliphatic rings. The van der Waals surface area contributed by atoms with Crippen molar-refractivity contribution in [3.63, 3.8) is 0 Å². The van der Waals surface area contributed by atoms with Gasteiger partial charge in [-0.3, -0.25) is 4.79 Å². The summed E-state index contributed by atoms with van der Waals surface area (Å²) in [7, 11) is 1.35. The zero-order chi connectivity index (χ0) is 14.7. The number of aryl methyl sites for hydroxylation is 1. The number of carbonyl (C=O) groups excluding carboxylic acids is 1. The molecule has 0 aliphatic heterocycles. The van der Waals surface area contributed by atoms with Gasteiger partial charge in [0.2, 0.25) is 0 Å². The van der Waals surface area contributed by atoms with Gasteiger partial charge < -0.3 is 9.84 Å². The minimum atomic E-state index is -0.962. The molecule has 106 valence electrons. The average Bonchev–Trinajstić information content (AvgIpc) is 2.77. The number of rotatable bonds is 5. The van der Waals surface area contributed by atoms with Crippen LogP contribution in [0.5, 0.6) is 0 Å². The van der Waals surface area contributed by atoms with Crippen molar-refractivity contribution in [3.8, 4) is 0 Å². The molecular weight excluding hydrogens is 300 g/mol. The molecule has 20 heavy (non-hydrogen) atoms. The Morgan fingerprint density at radius 1 is 1.45 bits per heavy atom. The van der Waals surface area contributed by atoms with Gasteiger partial charge in [0.15, 0.2) is 0 Å². The van der Waals surface area contributed by atoms with Crippen LogP contribution >= 0.6 is 23.1 Å². The molecule has 1 N–H and O–H groups in total. The number of methoxy groups -OCH3 is 1. The van der Waals surface area contributed by atoms with E-state index in [0.29, 0.717) is 21.2 Å². The number of hydrogen-bond donors (Lipinski definition) is 1. The van der Waals surface area contributed by atoms with Crippen molar-refractivity contribution in [2.75, 3.05) is 12.9 Å². The highest BCUT2D eigenvalue weighted by Gasteiger charge is 2.18. The molecule has 2 rings (SSSR count). The Kier molecular flexibility index (Phi) is 4.56. The standard InChI is InChI=1S/C12H12N2O4S2/c1-6-8-10(19-4-3-7(15)18-2)13-5-14-11(8)20-9(6)12(16)17/h5H,3-4H2,1-2H3,(H,16,17). The summed E-state index contributed by atoms with van der Waals surface area (Å²) in [6.45, 7) is 1.75. The van der Waals surface area contributed by atoms with E-state index in [1.165, 1.54) is 25.2 Å². The number of carboxylic acids is 1. The van der Waals surface area contributed by atoms with E-state index in [4.69, 9.17) is 5.11 Å². The van der Waals surface area contributed by atoms with Crippen LogP contribution in [0, 0.1) is 6.92 Å². The Bertz CT molecular complexity index is 669. The topological polar surface area (TPSA) is 89.4 Å². The van der Waals surface area contributed by atoms with Crippen molar-refractivity contribution in [2.24, 2.45) is 0 Å². The Hall–Kier alpha value is -1.67. The van der Waals surface area contributed by atoms with Gasteiger partial charge in [-0.1, -0.05) is 0 Å². The van der Waals surface area contributed by atoms with Crippen LogP contribution in [-0.4, -0.2) is 39.9 Å². The van der Waals surface area contributed by atoms with Gasteiger partial charge in [-0.2, -0.15) is 0 Å². The van der Waals surface area contributed by atoms with Gasteiger partial charge in [-0.05, 0) is 12.5 Å². The first-order chi connectivity index (χ1) is 9.54. The van der Waals surface area contributed by atoms with Crippen LogP contribution in [-0.2, 0) is 9.53 Å². The van der Waals surface area contributed by atoms with Crippen molar-refractivity contribution < 1.29 is 19.4 Å². The second-order valence-corrected chi connectivity index (χ2v) is 5.98. The minimum Gasteiger partial charge on any atom is -0.477 e. The fraction of sp³-hybridized carbons (Fsp3) is 0.333. The first-order valence-electron chi connectivity index (χ1n) is 5.71. The van der Waals surface area contributed by atoms with Crippen LogP contribution in [0.3, 0.4) is 0 Å². The molecule has 0 saturated heterocycles. The van der Waals surface area contributed by atoms with Gasteiger partial charge in [0, 0.05) is 11.1 Å². The molecule has 0 saturated carbocycles. The van der Waals surface area contributed by atoms with Gasteiger partial charge in [0.1, 0.15) is 21.1 Å². The number of nitrogens with zero attached hydrogens (tertiary/aromatic N) is 2. The van der Waals surface area contributed by atoms with E-state index >= 15 is 0 Å². The third kappa shape index (κ3) is 2.91. The summed E-state index contributed by atoms with van der Waals surface area (Å²) in [6, 6.07) is 0. The van der Waals surface area contributed by atoms with Gasteiger partial charge in [-0.15, -0.1) is 23.1 Å². The van der Waals surface area contributed by atoms with E-state index in [1.807, 2.05) is 0 Å².